The van der Waals surface area contributed by atoms with Crippen molar-refractivity contribution in [3.8, 4) is 0 Å². The third kappa shape index (κ3) is 4.33. The summed E-state index contributed by atoms with van der Waals surface area (Å²) in [7, 11) is -1.31. The van der Waals surface area contributed by atoms with Gasteiger partial charge in [0.1, 0.15) is 0 Å². The summed E-state index contributed by atoms with van der Waals surface area (Å²) in [5.41, 5.74) is -0.151. The van der Waals surface area contributed by atoms with Crippen molar-refractivity contribution in [1.82, 2.24) is 15.1 Å². The molecule has 2 heterocycles. The zero-order chi connectivity index (χ0) is 16.4. The van der Waals surface area contributed by atoms with Gasteiger partial charge in [-0.1, -0.05) is 0 Å². The highest BCUT2D eigenvalue weighted by molar-refractivity contribution is 7.91. The van der Waals surface area contributed by atoms with Gasteiger partial charge < -0.3 is 15.0 Å². The van der Waals surface area contributed by atoms with Crippen LogP contribution in [0, 0.1) is 0 Å². The third-order valence-corrected chi connectivity index (χ3v) is 6.37. The summed E-state index contributed by atoms with van der Waals surface area (Å²) in [6.45, 7) is 7.88. The summed E-state index contributed by atoms with van der Waals surface area (Å²) in [5, 5.41) is 2.93. The summed E-state index contributed by atoms with van der Waals surface area (Å²) in [5.74, 6) is 0.248. The van der Waals surface area contributed by atoms with Crippen molar-refractivity contribution in [3.05, 3.63) is 0 Å². The molecule has 0 aromatic heterocycles. The Kier molecular flexibility index (Phi) is 5.34. The molecule has 22 heavy (non-hydrogen) atoms. The quantitative estimate of drug-likeness (QED) is 0.779. The van der Waals surface area contributed by atoms with Crippen LogP contribution in [0.5, 0.6) is 0 Å². The van der Waals surface area contributed by atoms with E-state index in [2.05, 4.69) is 24.1 Å². The second-order valence-electron chi connectivity index (χ2n) is 6.74. The Morgan fingerprint density at radius 1 is 1.36 bits per heavy atom. The Hall–Kier alpha value is -0.860. The number of morpholine rings is 1. The van der Waals surface area contributed by atoms with Crippen LogP contribution in [0.15, 0.2) is 0 Å². The van der Waals surface area contributed by atoms with Crippen molar-refractivity contribution >= 4 is 15.9 Å². The van der Waals surface area contributed by atoms with Crippen LogP contribution in [-0.4, -0.2) is 87.2 Å². The van der Waals surface area contributed by atoms with Gasteiger partial charge in [-0.3, -0.25) is 4.90 Å². The number of urea groups is 1. The summed E-state index contributed by atoms with van der Waals surface area (Å²) < 4.78 is 28.4. The number of nitrogens with one attached hydrogen (secondary N) is 1. The van der Waals surface area contributed by atoms with Crippen molar-refractivity contribution in [3.63, 3.8) is 0 Å². The molecule has 2 rings (SSSR count). The first kappa shape index (κ1) is 17.5. The highest BCUT2D eigenvalue weighted by Crippen LogP contribution is 2.18. The van der Waals surface area contributed by atoms with E-state index in [1.807, 2.05) is 0 Å². The van der Waals surface area contributed by atoms with Gasteiger partial charge in [0.15, 0.2) is 9.84 Å². The molecule has 0 aliphatic carbocycles. The van der Waals surface area contributed by atoms with Crippen LogP contribution in [0.1, 0.15) is 20.3 Å². The van der Waals surface area contributed by atoms with Crippen LogP contribution in [-0.2, 0) is 14.6 Å². The standard InChI is InChI=1S/C14H27N3O4S/c1-14(2,17-5-7-21-8-6-17)11-15-13(18)16(3)12-4-9-22(19,20)10-12/h12H,4-11H2,1-3H3,(H,15,18)/t12-/m1/s1. The Labute approximate surface area is 132 Å². The molecule has 2 fully saturated rings. The molecule has 0 radical (unpaired) electrons. The van der Waals surface area contributed by atoms with Crippen molar-refractivity contribution in [2.45, 2.75) is 31.8 Å². The van der Waals surface area contributed by atoms with Gasteiger partial charge in [0.2, 0.25) is 0 Å². The lowest BCUT2D eigenvalue weighted by molar-refractivity contribution is -0.00905. The van der Waals surface area contributed by atoms with Crippen molar-refractivity contribution in [2.75, 3.05) is 51.4 Å². The smallest absolute Gasteiger partial charge is 0.317 e. The Morgan fingerprint density at radius 3 is 2.55 bits per heavy atom. The number of hydrogen-bond donors (Lipinski definition) is 1. The lowest BCUT2D eigenvalue weighted by Crippen LogP contribution is -2.57. The summed E-state index contributed by atoms with van der Waals surface area (Å²) >= 11 is 0. The number of carbonyl (C=O) groups excluding carboxylic acids is 1. The molecule has 0 unspecified atom stereocenters. The van der Waals surface area contributed by atoms with Gasteiger partial charge in [0, 0.05) is 38.3 Å². The molecule has 0 spiro atoms. The molecule has 128 valence electrons. The first-order valence-corrected chi connectivity index (χ1v) is 9.57. The van der Waals surface area contributed by atoms with Crippen LogP contribution in [0.25, 0.3) is 0 Å². The number of hydrogen-bond acceptors (Lipinski definition) is 5. The summed E-state index contributed by atoms with van der Waals surface area (Å²) in [6.07, 6.45) is 0.527. The Morgan fingerprint density at radius 2 is 2.00 bits per heavy atom. The summed E-state index contributed by atoms with van der Waals surface area (Å²) in [4.78, 5) is 16.1. The van der Waals surface area contributed by atoms with E-state index in [1.165, 1.54) is 4.90 Å². The predicted octanol–water partition coefficient (Wildman–Crippen LogP) is -0.0743. The van der Waals surface area contributed by atoms with Gasteiger partial charge in [0.05, 0.1) is 24.7 Å². The molecule has 7 nitrogen and oxygen atoms in total. The maximum Gasteiger partial charge on any atom is 0.317 e. The fourth-order valence-corrected chi connectivity index (χ4v) is 4.72. The number of amides is 2. The number of sulfone groups is 1. The van der Waals surface area contributed by atoms with E-state index in [1.54, 1.807) is 7.05 Å². The van der Waals surface area contributed by atoms with Crippen LogP contribution in [0.2, 0.25) is 0 Å². The maximum absolute atomic E-state index is 12.2. The van der Waals surface area contributed by atoms with Crippen LogP contribution >= 0.6 is 0 Å². The lowest BCUT2D eigenvalue weighted by Gasteiger charge is -2.41. The number of ether oxygens (including phenoxy) is 1. The largest absolute Gasteiger partial charge is 0.379 e. The maximum atomic E-state index is 12.2. The normalized spacial score (nSPS) is 25.9. The summed E-state index contributed by atoms with van der Waals surface area (Å²) in [6, 6.07) is -0.417. The van der Waals surface area contributed by atoms with Crippen molar-refractivity contribution in [1.29, 1.82) is 0 Å². The minimum Gasteiger partial charge on any atom is -0.379 e. The Balaban J connectivity index is 1.83. The van der Waals surface area contributed by atoms with Gasteiger partial charge in [-0.15, -0.1) is 0 Å². The first-order chi connectivity index (χ1) is 10.2. The van der Waals surface area contributed by atoms with Crippen LogP contribution < -0.4 is 5.32 Å². The molecule has 2 amide bonds. The molecular formula is C14H27N3O4S. The monoisotopic (exact) mass is 333 g/mol. The first-order valence-electron chi connectivity index (χ1n) is 7.75. The number of nitrogens with zero attached hydrogens (tertiary/aromatic N) is 2. The lowest BCUT2D eigenvalue weighted by atomic mass is 10.0. The Bertz CT molecular complexity index is 500. The topological polar surface area (TPSA) is 79.0 Å². The van der Waals surface area contributed by atoms with Gasteiger partial charge in [0.25, 0.3) is 0 Å². The fraction of sp³-hybridized carbons (Fsp3) is 0.929. The average molecular weight is 333 g/mol. The van der Waals surface area contributed by atoms with E-state index in [4.69, 9.17) is 4.74 Å². The molecule has 0 bridgehead atoms. The van der Waals surface area contributed by atoms with E-state index in [9.17, 15) is 13.2 Å². The number of rotatable bonds is 4. The SMILES string of the molecule is CN(C(=O)NCC(C)(C)N1CCOCC1)[C@@H]1CCS(=O)(=O)C1. The molecule has 0 aromatic rings. The average Bonchev–Trinajstić information content (AvgIpc) is 2.85. The van der Waals surface area contributed by atoms with Gasteiger partial charge in [-0.2, -0.15) is 0 Å². The van der Waals surface area contributed by atoms with E-state index in [0.29, 0.717) is 13.0 Å². The fourth-order valence-electron chi connectivity index (χ4n) is 2.94. The highest BCUT2D eigenvalue weighted by Gasteiger charge is 2.34. The number of carbonyl (C=O) groups is 1. The molecule has 1 atom stereocenters. The minimum absolute atomic E-state index is 0.0732. The van der Waals surface area contributed by atoms with Crippen molar-refractivity contribution < 1.29 is 17.9 Å². The highest BCUT2D eigenvalue weighted by atomic mass is 32.2. The van der Waals surface area contributed by atoms with Crippen LogP contribution in [0.3, 0.4) is 0 Å². The second kappa shape index (κ2) is 6.72. The van der Waals surface area contributed by atoms with E-state index >= 15 is 0 Å². The van der Waals surface area contributed by atoms with E-state index < -0.39 is 9.84 Å². The molecular weight excluding hydrogens is 306 g/mol. The molecule has 0 aromatic carbocycles. The molecule has 8 heteroatoms. The molecule has 1 N–H and O–H groups in total. The minimum atomic E-state index is -2.98. The van der Waals surface area contributed by atoms with Crippen LogP contribution in [0.4, 0.5) is 4.79 Å². The zero-order valence-corrected chi connectivity index (χ0v) is 14.5. The van der Waals surface area contributed by atoms with Crippen molar-refractivity contribution in [2.24, 2.45) is 0 Å². The van der Waals surface area contributed by atoms with E-state index in [-0.39, 0.29) is 29.1 Å². The molecule has 2 aliphatic heterocycles. The second-order valence-corrected chi connectivity index (χ2v) is 8.97. The molecule has 2 aliphatic rings. The molecule has 0 saturated carbocycles. The third-order valence-electron chi connectivity index (χ3n) is 4.62. The predicted molar refractivity (Wildman–Crippen MR) is 84.7 cm³/mol. The molecule has 2 saturated heterocycles. The van der Waals surface area contributed by atoms with E-state index in [0.717, 1.165) is 26.3 Å². The van der Waals surface area contributed by atoms with Gasteiger partial charge in [-0.05, 0) is 20.3 Å². The zero-order valence-electron chi connectivity index (χ0n) is 13.7. The van der Waals surface area contributed by atoms with Gasteiger partial charge >= 0.3 is 6.03 Å². The van der Waals surface area contributed by atoms with Gasteiger partial charge in [-0.25, -0.2) is 13.2 Å².